The number of carbonyl (C=O) groups excluding carboxylic acids is 1. The summed E-state index contributed by atoms with van der Waals surface area (Å²) >= 11 is 6.43. The van der Waals surface area contributed by atoms with Crippen LogP contribution in [0.25, 0.3) is 11.3 Å². The molecule has 0 unspecified atom stereocenters. The van der Waals surface area contributed by atoms with Gasteiger partial charge in [0.25, 0.3) is 0 Å². The van der Waals surface area contributed by atoms with Crippen molar-refractivity contribution in [3.05, 3.63) is 40.9 Å². The summed E-state index contributed by atoms with van der Waals surface area (Å²) in [5.41, 5.74) is 1.93. The monoisotopic (exact) mass is 474 g/mol. The van der Waals surface area contributed by atoms with Gasteiger partial charge < -0.3 is 15.4 Å². The van der Waals surface area contributed by atoms with Crippen molar-refractivity contribution in [2.45, 2.75) is 45.4 Å². The van der Waals surface area contributed by atoms with Crippen LogP contribution in [0.4, 0.5) is 10.2 Å². The molecule has 0 bridgehead atoms. The third-order valence-electron chi connectivity index (χ3n) is 7.08. The molecule has 2 aromatic rings. The summed E-state index contributed by atoms with van der Waals surface area (Å²) in [6, 6.07) is 4.82. The molecule has 0 aromatic carbocycles. The predicted octanol–water partition coefficient (Wildman–Crippen LogP) is 4.67. The molecule has 2 saturated heterocycles. The van der Waals surface area contributed by atoms with Crippen molar-refractivity contribution in [1.29, 1.82) is 0 Å². The normalized spacial score (nSPS) is 20.4. The van der Waals surface area contributed by atoms with Gasteiger partial charge in [0.05, 0.1) is 10.7 Å². The summed E-state index contributed by atoms with van der Waals surface area (Å²) in [4.78, 5) is 21.6. The van der Waals surface area contributed by atoms with Gasteiger partial charge in [-0.2, -0.15) is 0 Å². The van der Waals surface area contributed by atoms with Crippen molar-refractivity contribution in [3.63, 3.8) is 0 Å². The first-order chi connectivity index (χ1) is 16.0. The molecule has 0 aliphatic carbocycles. The number of aromatic nitrogens is 2. The number of nitrogens with one attached hydrogen (secondary N) is 2. The lowest BCUT2D eigenvalue weighted by molar-refractivity contribution is -0.122. The van der Waals surface area contributed by atoms with Gasteiger partial charge in [-0.15, -0.1) is 0 Å². The van der Waals surface area contributed by atoms with E-state index in [9.17, 15) is 9.18 Å². The highest BCUT2D eigenvalue weighted by Crippen LogP contribution is 2.35. The maximum atomic E-state index is 14.6. The molecule has 2 fully saturated rings. The molecule has 4 rings (SSSR count). The maximum Gasteiger partial charge on any atom is 0.165 e. The topological polar surface area (TPSA) is 76.1 Å². The fourth-order valence-corrected chi connectivity index (χ4v) is 4.87. The van der Waals surface area contributed by atoms with Crippen LogP contribution in [0.2, 0.25) is 5.02 Å². The number of ketones is 1. The fourth-order valence-electron chi connectivity index (χ4n) is 4.67. The summed E-state index contributed by atoms with van der Waals surface area (Å²) in [5, 5.41) is 6.93. The van der Waals surface area contributed by atoms with Crippen LogP contribution in [0.5, 0.6) is 0 Å². The molecule has 2 aromatic heterocycles. The number of rotatable bonds is 8. The van der Waals surface area contributed by atoms with Gasteiger partial charge in [-0.3, -0.25) is 9.78 Å². The lowest BCUT2D eigenvalue weighted by atomic mass is 9.78. The Labute approximate surface area is 199 Å². The Balaban J connectivity index is 1.51. The van der Waals surface area contributed by atoms with Crippen LogP contribution in [-0.2, 0) is 16.0 Å². The molecule has 2 N–H and O–H groups in total. The first-order valence-electron chi connectivity index (χ1n) is 11.9. The van der Waals surface area contributed by atoms with Crippen LogP contribution in [0.3, 0.4) is 0 Å². The van der Waals surface area contributed by atoms with E-state index < -0.39 is 5.82 Å². The second-order valence-electron chi connectivity index (χ2n) is 9.19. The SMILES string of the molecule is CCC1(CNc2nc(-c3cc(CC(=O)[C@@H]4CCCNC4)ncc3Cl)ccc2F)CCOCC1. The van der Waals surface area contributed by atoms with Crippen LogP contribution < -0.4 is 10.6 Å². The largest absolute Gasteiger partial charge is 0.381 e. The van der Waals surface area contributed by atoms with Crippen LogP contribution in [0.1, 0.15) is 44.7 Å². The zero-order valence-corrected chi connectivity index (χ0v) is 19.9. The molecule has 1 atom stereocenters. The summed E-state index contributed by atoms with van der Waals surface area (Å²) < 4.78 is 20.1. The molecular weight excluding hydrogens is 443 g/mol. The van der Waals surface area contributed by atoms with E-state index in [4.69, 9.17) is 16.3 Å². The van der Waals surface area contributed by atoms with Gasteiger partial charge in [-0.25, -0.2) is 9.37 Å². The van der Waals surface area contributed by atoms with Crippen LogP contribution in [0, 0.1) is 17.2 Å². The number of piperidine rings is 1. The third kappa shape index (κ3) is 5.89. The Hall–Kier alpha value is -2.09. The summed E-state index contributed by atoms with van der Waals surface area (Å²) in [6.45, 7) is 5.95. The van der Waals surface area contributed by atoms with Crippen LogP contribution in [-0.4, -0.2) is 48.6 Å². The van der Waals surface area contributed by atoms with E-state index in [0.29, 0.717) is 28.5 Å². The summed E-state index contributed by atoms with van der Waals surface area (Å²) in [7, 11) is 0. The summed E-state index contributed by atoms with van der Waals surface area (Å²) in [6.07, 6.45) is 6.61. The number of carbonyl (C=O) groups is 1. The van der Waals surface area contributed by atoms with Crippen molar-refractivity contribution in [3.8, 4) is 11.3 Å². The molecule has 8 heteroatoms. The Morgan fingerprint density at radius 1 is 1.36 bits per heavy atom. The second-order valence-corrected chi connectivity index (χ2v) is 9.60. The quantitative estimate of drug-likeness (QED) is 0.579. The van der Waals surface area contributed by atoms with Crippen molar-refractivity contribution in [2.75, 3.05) is 38.2 Å². The highest BCUT2D eigenvalue weighted by atomic mass is 35.5. The van der Waals surface area contributed by atoms with Gasteiger partial charge in [0.2, 0.25) is 0 Å². The van der Waals surface area contributed by atoms with Gasteiger partial charge in [-0.1, -0.05) is 18.5 Å². The van der Waals surface area contributed by atoms with Crippen molar-refractivity contribution >= 4 is 23.2 Å². The Morgan fingerprint density at radius 2 is 2.18 bits per heavy atom. The minimum Gasteiger partial charge on any atom is -0.381 e. The van der Waals surface area contributed by atoms with Crippen LogP contribution in [0.15, 0.2) is 24.4 Å². The minimum absolute atomic E-state index is 0.0236. The standard InChI is InChI=1S/C25H32ClFN4O2/c1-2-25(7-10-33-11-8-25)16-30-24-21(27)5-6-22(31-24)19-12-18(29-15-20(19)26)13-23(32)17-4-3-9-28-14-17/h5-6,12,15,17,28H,2-4,7-11,13-14,16H2,1H3,(H,30,31)/t17-/m1/s1. The van der Waals surface area contributed by atoms with Gasteiger partial charge >= 0.3 is 0 Å². The van der Waals surface area contributed by atoms with E-state index in [1.165, 1.54) is 6.07 Å². The molecule has 2 aliphatic rings. The molecule has 2 aliphatic heterocycles. The zero-order chi connectivity index (χ0) is 23.3. The average Bonchev–Trinajstić information content (AvgIpc) is 2.86. The molecule has 0 saturated carbocycles. The maximum absolute atomic E-state index is 14.6. The minimum atomic E-state index is -0.401. The van der Waals surface area contributed by atoms with E-state index in [1.54, 1.807) is 18.3 Å². The molecule has 0 radical (unpaired) electrons. The number of anilines is 1. The second kappa shape index (κ2) is 10.9. The number of hydrogen-bond acceptors (Lipinski definition) is 6. The lowest BCUT2D eigenvalue weighted by Gasteiger charge is -2.36. The van der Waals surface area contributed by atoms with Gasteiger partial charge in [0.1, 0.15) is 5.78 Å². The van der Waals surface area contributed by atoms with Gasteiger partial charge in [0, 0.05) is 56.1 Å². The van der Waals surface area contributed by atoms with E-state index in [0.717, 1.165) is 58.4 Å². The molecule has 33 heavy (non-hydrogen) atoms. The lowest BCUT2D eigenvalue weighted by Crippen LogP contribution is -2.35. The number of hydrogen-bond donors (Lipinski definition) is 2. The fraction of sp³-hybridized carbons (Fsp3) is 0.560. The number of Topliss-reactive ketones (excluding diaryl/α,β-unsaturated/α-hetero) is 1. The predicted molar refractivity (Wildman–Crippen MR) is 128 cm³/mol. The highest BCUT2D eigenvalue weighted by molar-refractivity contribution is 6.33. The zero-order valence-electron chi connectivity index (χ0n) is 19.1. The van der Waals surface area contributed by atoms with Crippen molar-refractivity contribution < 1.29 is 13.9 Å². The first kappa shape index (κ1) is 24.0. The number of pyridine rings is 2. The molecule has 0 amide bonds. The van der Waals surface area contributed by atoms with E-state index in [1.807, 2.05) is 0 Å². The van der Waals surface area contributed by atoms with Crippen molar-refractivity contribution in [1.82, 2.24) is 15.3 Å². The Morgan fingerprint density at radius 3 is 2.91 bits per heavy atom. The first-order valence-corrected chi connectivity index (χ1v) is 12.2. The molecular formula is C25H32ClFN4O2. The molecule has 6 nitrogen and oxygen atoms in total. The van der Waals surface area contributed by atoms with E-state index in [2.05, 4.69) is 27.5 Å². The third-order valence-corrected chi connectivity index (χ3v) is 7.38. The van der Waals surface area contributed by atoms with Crippen LogP contribution >= 0.6 is 11.6 Å². The van der Waals surface area contributed by atoms with Gasteiger partial charge in [0.15, 0.2) is 11.6 Å². The molecule has 0 spiro atoms. The smallest absolute Gasteiger partial charge is 0.165 e. The van der Waals surface area contributed by atoms with E-state index in [-0.39, 0.29) is 29.4 Å². The Kier molecular flexibility index (Phi) is 7.94. The molecule has 4 heterocycles. The summed E-state index contributed by atoms with van der Waals surface area (Å²) in [5.74, 6) is 0.0160. The number of halogens is 2. The number of nitrogens with zero attached hydrogens (tertiary/aromatic N) is 2. The van der Waals surface area contributed by atoms with E-state index >= 15 is 0 Å². The van der Waals surface area contributed by atoms with Crippen molar-refractivity contribution in [2.24, 2.45) is 11.3 Å². The Bertz CT molecular complexity index is 975. The highest BCUT2D eigenvalue weighted by Gasteiger charge is 2.31. The molecule has 178 valence electrons. The number of ether oxygens (including phenoxy) is 1. The van der Waals surface area contributed by atoms with Gasteiger partial charge in [-0.05, 0) is 62.3 Å². The average molecular weight is 475 g/mol.